The Hall–Kier alpha value is -1.46. The molecule has 1 atom stereocenters. The van der Waals surface area contributed by atoms with Crippen LogP contribution >= 0.6 is 11.3 Å². The number of hydrogen-bond acceptors (Lipinski definition) is 5. The van der Waals surface area contributed by atoms with E-state index in [-0.39, 0.29) is 6.04 Å². The predicted octanol–water partition coefficient (Wildman–Crippen LogP) is 2.01. The van der Waals surface area contributed by atoms with Gasteiger partial charge in [-0.15, -0.1) is 11.3 Å². The molecule has 0 aliphatic carbocycles. The molecule has 0 spiro atoms. The minimum Gasteiger partial charge on any atom is -0.486 e. The second-order valence-electron chi connectivity index (χ2n) is 3.92. The summed E-state index contributed by atoms with van der Waals surface area (Å²) in [5.74, 6) is 0.770. The standard InChI is InChI=1S/C12H15N3OS/c1-9(13)4-10-2-3-11(5-15-10)16-7-12-6-14-8-17-12/h2-3,5-6,8-9H,4,7,13H2,1H3. The smallest absolute Gasteiger partial charge is 0.138 e. The molecule has 4 nitrogen and oxygen atoms in total. The molecule has 0 saturated heterocycles. The van der Waals surface area contributed by atoms with Gasteiger partial charge in [0.05, 0.1) is 16.6 Å². The van der Waals surface area contributed by atoms with E-state index in [9.17, 15) is 0 Å². The van der Waals surface area contributed by atoms with Crippen LogP contribution in [-0.2, 0) is 13.0 Å². The molecule has 0 amide bonds. The third kappa shape index (κ3) is 3.80. The molecule has 0 bridgehead atoms. The van der Waals surface area contributed by atoms with Gasteiger partial charge in [0.15, 0.2) is 0 Å². The van der Waals surface area contributed by atoms with Crippen LogP contribution in [0.1, 0.15) is 17.5 Å². The molecule has 2 aromatic heterocycles. The number of nitrogens with zero attached hydrogens (tertiary/aromatic N) is 2. The van der Waals surface area contributed by atoms with Crippen molar-refractivity contribution < 1.29 is 4.74 Å². The Balaban J connectivity index is 1.89. The van der Waals surface area contributed by atoms with Gasteiger partial charge in [0.2, 0.25) is 0 Å². The van der Waals surface area contributed by atoms with Crippen LogP contribution in [0, 0.1) is 0 Å². The fourth-order valence-electron chi connectivity index (χ4n) is 1.41. The lowest BCUT2D eigenvalue weighted by molar-refractivity contribution is 0.308. The molecule has 5 heteroatoms. The average molecular weight is 249 g/mol. The Kier molecular flexibility index (Phi) is 4.06. The molecule has 0 aromatic carbocycles. The minimum atomic E-state index is 0.131. The minimum absolute atomic E-state index is 0.131. The molecule has 1 unspecified atom stereocenters. The topological polar surface area (TPSA) is 61.0 Å². The molecule has 0 aliphatic heterocycles. The predicted molar refractivity (Wildman–Crippen MR) is 68.0 cm³/mol. The van der Waals surface area contributed by atoms with Crippen molar-refractivity contribution in [1.82, 2.24) is 9.97 Å². The third-order valence-corrected chi connectivity index (χ3v) is 2.95. The summed E-state index contributed by atoms with van der Waals surface area (Å²) >= 11 is 1.58. The van der Waals surface area contributed by atoms with Gasteiger partial charge in [-0.1, -0.05) is 0 Å². The van der Waals surface area contributed by atoms with Crippen molar-refractivity contribution in [3.05, 3.63) is 40.6 Å². The molecule has 0 saturated carbocycles. The van der Waals surface area contributed by atoms with Crippen LogP contribution in [0.5, 0.6) is 5.75 Å². The molecule has 0 fully saturated rings. The maximum Gasteiger partial charge on any atom is 0.138 e. The van der Waals surface area contributed by atoms with Gasteiger partial charge < -0.3 is 10.5 Å². The van der Waals surface area contributed by atoms with Crippen molar-refractivity contribution in [2.45, 2.75) is 26.0 Å². The largest absolute Gasteiger partial charge is 0.486 e. The fourth-order valence-corrected chi connectivity index (χ4v) is 1.92. The van der Waals surface area contributed by atoms with E-state index in [1.165, 1.54) is 0 Å². The quantitative estimate of drug-likeness (QED) is 0.880. The van der Waals surface area contributed by atoms with Crippen LogP contribution in [0.15, 0.2) is 30.0 Å². The van der Waals surface area contributed by atoms with Crippen LogP contribution in [0.2, 0.25) is 0 Å². The Bertz CT molecular complexity index is 439. The maximum atomic E-state index is 5.71. The molecule has 2 N–H and O–H groups in total. The summed E-state index contributed by atoms with van der Waals surface area (Å²) in [6.45, 7) is 2.51. The fraction of sp³-hybridized carbons (Fsp3) is 0.333. The highest BCUT2D eigenvalue weighted by molar-refractivity contribution is 7.09. The van der Waals surface area contributed by atoms with Gasteiger partial charge in [0.25, 0.3) is 0 Å². The maximum absolute atomic E-state index is 5.71. The summed E-state index contributed by atoms with van der Waals surface area (Å²) in [6, 6.07) is 4.00. The first-order chi connectivity index (χ1) is 8.24. The van der Waals surface area contributed by atoms with Crippen LogP contribution < -0.4 is 10.5 Å². The number of pyridine rings is 1. The molecule has 2 heterocycles. The monoisotopic (exact) mass is 249 g/mol. The number of hydrogen-bond donors (Lipinski definition) is 1. The van der Waals surface area contributed by atoms with Gasteiger partial charge in [-0.3, -0.25) is 9.97 Å². The summed E-state index contributed by atoms with van der Waals surface area (Å²) in [4.78, 5) is 9.39. The van der Waals surface area contributed by atoms with E-state index in [0.717, 1.165) is 22.7 Å². The Labute approximate surface area is 104 Å². The zero-order chi connectivity index (χ0) is 12.1. The Morgan fingerprint density at radius 3 is 2.88 bits per heavy atom. The van der Waals surface area contributed by atoms with Crippen LogP contribution in [0.25, 0.3) is 0 Å². The summed E-state index contributed by atoms with van der Waals surface area (Å²) in [5.41, 5.74) is 8.49. The van der Waals surface area contributed by atoms with Crippen molar-refractivity contribution >= 4 is 11.3 Å². The molecule has 0 radical (unpaired) electrons. The van der Waals surface area contributed by atoms with E-state index >= 15 is 0 Å². The lowest BCUT2D eigenvalue weighted by Crippen LogP contribution is -2.18. The molecule has 17 heavy (non-hydrogen) atoms. The highest BCUT2D eigenvalue weighted by atomic mass is 32.1. The first kappa shape index (κ1) is 12.0. The number of aromatic nitrogens is 2. The van der Waals surface area contributed by atoms with E-state index < -0.39 is 0 Å². The van der Waals surface area contributed by atoms with Gasteiger partial charge in [0, 0.05) is 24.4 Å². The highest BCUT2D eigenvalue weighted by Crippen LogP contribution is 2.14. The number of ether oxygens (including phenoxy) is 1. The molecule has 0 aliphatic rings. The SMILES string of the molecule is CC(N)Cc1ccc(OCc2cncs2)cn1. The second kappa shape index (κ2) is 5.75. The first-order valence-corrected chi connectivity index (χ1v) is 6.32. The van der Waals surface area contributed by atoms with Crippen molar-refractivity contribution in [1.29, 1.82) is 0 Å². The van der Waals surface area contributed by atoms with E-state index in [1.54, 1.807) is 23.0 Å². The van der Waals surface area contributed by atoms with E-state index in [1.807, 2.05) is 25.3 Å². The van der Waals surface area contributed by atoms with E-state index in [4.69, 9.17) is 10.5 Å². The van der Waals surface area contributed by atoms with Gasteiger partial charge >= 0.3 is 0 Å². The molecule has 2 rings (SSSR count). The summed E-state index contributed by atoms with van der Waals surface area (Å²) < 4.78 is 5.59. The number of nitrogens with two attached hydrogens (primary N) is 1. The van der Waals surface area contributed by atoms with Gasteiger partial charge in [-0.25, -0.2) is 0 Å². The van der Waals surface area contributed by atoms with Crippen LogP contribution in [-0.4, -0.2) is 16.0 Å². The van der Waals surface area contributed by atoms with Crippen molar-refractivity contribution in [3.8, 4) is 5.75 Å². The third-order valence-electron chi connectivity index (χ3n) is 2.19. The summed E-state index contributed by atoms with van der Waals surface area (Å²) in [7, 11) is 0. The van der Waals surface area contributed by atoms with Crippen LogP contribution in [0.3, 0.4) is 0 Å². The Morgan fingerprint density at radius 1 is 1.41 bits per heavy atom. The summed E-state index contributed by atoms with van der Waals surface area (Å²) in [6.07, 6.45) is 4.33. The van der Waals surface area contributed by atoms with Crippen molar-refractivity contribution in [3.63, 3.8) is 0 Å². The zero-order valence-corrected chi connectivity index (χ0v) is 10.5. The van der Waals surface area contributed by atoms with Crippen molar-refractivity contribution in [2.75, 3.05) is 0 Å². The lowest BCUT2D eigenvalue weighted by Gasteiger charge is -2.06. The first-order valence-electron chi connectivity index (χ1n) is 5.44. The Morgan fingerprint density at radius 2 is 2.29 bits per heavy atom. The van der Waals surface area contributed by atoms with Gasteiger partial charge in [-0.2, -0.15) is 0 Å². The molecule has 90 valence electrons. The molecular formula is C12H15N3OS. The second-order valence-corrected chi connectivity index (χ2v) is 4.89. The lowest BCUT2D eigenvalue weighted by atomic mass is 10.2. The zero-order valence-electron chi connectivity index (χ0n) is 9.67. The molecule has 2 aromatic rings. The molecular weight excluding hydrogens is 234 g/mol. The summed E-state index contributed by atoms with van der Waals surface area (Å²) in [5, 5.41) is 0. The number of rotatable bonds is 5. The van der Waals surface area contributed by atoms with Crippen LogP contribution in [0.4, 0.5) is 0 Å². The van der Waals surface area contributed by atoms with Gasteiger partial charge in [0.1, 0.15) is 12.4 Å². The normalized spacial score (nSPS) is 12.4. The van der Waals surface area contributed by atoms with Crippen molar-refractivity contribution in [2.24, 2.45) is 5.73 Å². The van der Waals surface area contributed by atoms with E-state index in [0.29, 0.717) is 6.61 Å². The highest BCUT2D eigenvalue weighted by Gasteiger charge is 2.01. The average Bonchev–Trinajstić information content (AvgIpc) is 2.80. The number of thiazole rings is 1. The van der Waals surface area contributed by atoms with E-state index in [2.05, 4.69) is 9.97 Å². The van der Waals surface area contributed by atoms with Gasteiger partial charge in [-0.05, 0) is 19.1 Å².